The summed E-state index contributed by atoms with van der Waals surface area (Å²) in [4.78, 5) is 37.4. The van der Waals surface area contributed by atoms with Crippen molar-refractivity contribution in [1.82, 2.24) is 0 Å². The fourth-order valence-corrected chi connectivity index (χ4v) is 9.57. The van der Waals surface area contributed by atoms with E-state index in [1.807, 2.05) is 21.1 Å². The quantitative estimate of drug-likeness (QED) is 0.0195. The summed E-state index contributed by atoms with van der Waals surface area (Å²) in [5.74, 6) is -2.27. The van der Waals surface area contributed by atoms with Gasteiger partial charge in [0.1, 0.15) is 13.2 Å². The summed E-state index contributed by atoms with van der Waals surface area (Å²) in [7, 11) is 5.93. The number of likely N-dealkylation sites (N-methyl/N-ethyl adjacent to an activating group) is 1. The number of hydrogen-bond donors (Lipinski definition) is 0. The molecule has 9 nitrogen and oxygen atoms in total. The first-order valence-electron chi connectivity index (χ1n) is 34.4. The highest BCUT2D eigenvalue weighted by molar-refractivity contribution is 5.70. The van der Waals surface area contributed by atoms with E-state index in [0.29, 0.717) is 17.4 Å². The summed E-state index contributed by atoms with van der Waals surface area (Å²) in [6, 6.07) is 0. The van der Waals surface area contributed by atoms with Gasteiger partial charge in [-0.2, -0.15) is 0 Å². The van der Waals surface area contributed by atoms with Crippen LogP contribution in [-0.4, -0.2) is 82.3 Å². The van der Waals surface area contributed by atoms with E-state index in [0.717, 1.165) is 77.0 Å². The van der Waals surface area contributed by atoms with Gasteiger partial charge in [-0.25, -0.2) is 0 Å². The number of allylic oxidation sites excluding steroid dienone is 16. The topological polar surface area (TPSA) is 111 Å². The van der Waals surface area contributed by atoms with Gasteiger partial charge in [0.2, 0.25) is 0 Å². The van der Waals surface area contributed by atoms with Crippen LogP contribution in [0.2, 0.25) is 0 Å². The molecule has 0 aromatic rings. The second kappa shape index (κ2) is 64.2. The summed E-state index contributed by atoms with van der Waals surface area (Å²) >= 11 is 0. The largest absolute Gasteiger partial charge is 0.545 e. The average molecular weight is 1160 g/mol. The Balaban J connectivity index is 4.06. The number of carbonyl (C=O) groups is 3. The van der Waals surface area contributed by atoms with Crippen molar-refractivity contribution in [3.8, 4) is 0 Å². The highest BCUT2D eigenvalue weighted by Gasteiger charge is 2.22. The van der Waals surface area contributed by atoms with Crippen LogP contribution >= 0.6 is 0 Å². The lowest BCUT2D eigenvalue weighted by Gasteiger charge is -2.26. The Morgan fingerprint density at radius 1 is 0.373 bits per heavy atom. The molecule has 0 fully saturated rings. The molecular formula is C74H129NO8. The number of rotatable bonds is 63. The zero-order chi connectivity index (χ0) is 60.5. The van der Waals surface area contributed by atoms with Crippen molar-refractivity contribution in [3.63, 3.8) is 0 Å². The summed E-state index contributed by atoms with van der Waals surface area (Å²) in [6.07, 6.45) is 84.8. The van der Waals surface area contributed by atoms with E-state index < -0.39 is 24.3 Å². The number of esters is 2. The average Bonchev–Trinajstić information content (AvgIpc) is 3.46. The van der Waals surface area contributed by atoms with Crippen molar-refractivity contribution in [2.45, 2.75) is 309 Å². The molecule has 2 unspecified atom stereocenters. The van der Waals surface area contributed by atoms with Crippen molar-refractivity contribution in [1.29, 1.82) is 0 Å². The number of carboxylic acids is 1. The molecule has 0 aliphatic carbocycles. The van der Waals surface area contributed by atoms with E-state index in [1.54, 1.807) is 0 Å². The van der Waals surface area contributed by atoms with Crippen LogP contribution in [0.5, 0.6) is 0 Å². The Morgan fingerprint density at radius 3 is 1.04 bits per heavy atom. The highest BCUT2D eigenvalue weighted by Crippen LogP contribution is 2.17. The van der Waals surface area contributed by atoms with Crippen molar-refractivity contribution < 1.29 is 42.9 Å². The van der Waals surface area contributed by atoms with Gasteiger partial charge in [-0.1, -0.05) is 284 Å². The first-order valence-corrected chi connectivity index (χ1v) is 34.4. The van der Waals surface area contributed by atoms with E-state index in [1.165, 1.54) is 186 Å². The predicted octanol–water partition coefficient (Wildman–Crippen LogP) is 19.9. The van der Waals surface area contributed by atoms with E-state index in [4.69, 9.17) is 18.9 Å². The monoisotopic (exact) mass is 1160 g/mol. The number of unbranched alkanes of at least 4 members (excludes halogenated alkanes) is 32. The molecule has 2 atom stereocenters. The number of carboxylic acid groups (broad SMARTS) is 1. The Hall–Kier alpha value is -3.79. The zero-order valence-corrected chi connectivity index (χ0v) is 54.5. The highest BCUT2D eigenvalue weighted by atomic mass is 16.7. The molecule has 0 N–H and O–H groups in total. The van der Waals surface area contributed by atoms with Crippen LogP contribution < -0.4 is 5.11 Å². The molecule has 478 valence electrons. The van der Waals surface area contributed by atoms with Crippen LogP contribution in [0.4, 0.5) is 0 Å². The van der Waals surface area contributed by atoms with Gasteiger partial charge in [-0.3, -0.25) is 9.59 Å². The minimum absolute atomic E-state index is 0.146. The van der Waals surface area contributed by atoms with Gasteiger partial charge < -0.3 is 33.3 Å². The summed E-state index contributed by atoms with van der Waals surface area (Å²) in [6.45, 7) is 4.65. The van der Waals surface area contributed by atoms with Crippen LogP contribution in [0.3, 0.4) is 0 Å². The maximum Gasteiger partial charge on any atom is 0.306 e. The second-order valence-electron chi connectivity index (χ2n) is 24.1. The second-order valence-corrected chi connectivity index (χ2v) is 24.1. The smallest absolute Gasteiger partial charge is 0.306 e. The molecule has 0 saturated heterocycles. The zero-order valence-electron chi connectivity index (χ0n) is 54.5. The molecule has 0 bridgehead atoms. The lowest BCUT2D eigenvalue weighted by atomic mass is 10.0. The summed E-state index contributed by atoms with van der Waals surface area (Å²) < 4.78 is 22.8. The van der Waals surface area contributed by atoms with Gasteiger partial charge in [0.05, 0.1) is 40.3 Å². The number of aliphatic carboxylic acids is 1. The van der Waals surface area contributed by atoms with Crippen LogP contribution in [0.1, 0.15) is 296 Å². The van der Waals surface area contributed by atoms with Crippen LogP contribution in [0, 0.1) is 0 Å². The Morgan fingerprint density at radius 2 is 0.687 bits per heavy atom. The lowest BCUT2D eigenvalue weighted by Crippen LogP contribution is -2.44. The first kappa shape index (κ1) is 79.2. The van der Waals surface area contributed by atoms with Gasteiger partial charge >= 0.3 is 11.9 Å². The minimum atomic E-state index is -1.62. The normalized spacial score (nSPS) is 13.3. The number of quaternary nitrogens is 1. The Bertz CT molecular complexity index is 1680. The van der Waals surface area contributed by atoms with Crippen molar-refractivity contribution in [2.24, 2.45) is 0 Å². The van der Waals surface area contributed by atoms with E-state index >= 15 is 0 Å². The molecule has 83 heavy (non-hydrogen) atoms. The fourth-order valence-electron chi connectivity index (χ4n) is 9.57. The molecule has 0 aliphatic rings. The maximum absolute atomic E-state index is 12.9. The van der Waals surface area contributed by atoms with Crippen molar-refractivity contribution >= 4 is 17.9 Å². The van der Waals surface area contributed by atoms with Crippen LogP contribution in [0.15, 0.2) is 97.2 Å². The third-order valence-electron chi connectivity index (χ3n) is 14.8. The molecule has 0 aromatic carbocycles. The van der Waals surface area contributed by atoms with Crippen molar-refractivity contribution in [3.05, 3.63) is 97.2 Å². The molecule has 0 amide bonds. The fraction of sp³-hybridized carbons (Fsp3) is 0.743. The van der Waals surface area contributed by atoms with E-state index in [2.05, 4.69) is 111 Å². The molecule has 0 heterocycles. The van der Waals surface area contributed by atoms with Crippen LogP contribution in [0.25, 0.3) is 0 Å². The number of carbonyl (C=O) groups excluding carboxylic acids is 3. The molecule has 0 saturated carbocycles. The predicted molar refractivity (Wildman–Crippen MR) is 352 cm³/mol. The van der Waals surface area contributed by atoms with Gasteiger partial charge in [-0.05, 0) is 96.3 Å². The van der Waals surface area contributed by atoms with Crippen molar-refractivity contribution in [2.75, 3.05) is 47.5 Å². The molecule has 9 heteroatoms. The standard InChI is InChI=1S/C74H129NO8/c1-6-8-10-12-14-16-18-20-22-24-26-27-28-29-30-31-32-33-34-35-36-37-38-39-40-41-42-43-44-45-47-49-51-53-55-57-59-61-63-65-72(77)83-70(69-82-74(73(78)79)80-67-66-75(3,4)5)68-81-71(76)64-62-60-58-56-54-52-50-48-46-25-23-21-19-17-15-13-11-9-7-2/h8,10,14,16,20-23,26-27,29-30,32-33,35-36,70,74H,6-7,9,11-13,15,17-19,24-25,28,31,34,37-69H2,1-5H3/b10-8-,16-14-,22-20-,23-21-,27-26-,30-29-,33-32-,36-35-. The molecule has 0 rings (SSSR count). The first-order chi connectivity index (χ1) is 40.6. The van der Waals surface area contributed by atoms with E-state index in [9.17, 15) is 19.5 Å². The molecular weight excluding hydrogens is 1030 g/mol. The molecule has 0 aliphatic heterocycles. The van der Waals surface area contributed by atoms with Gasteiger partial charge in [0.25, 0.3) is 0 Å². The Labute approximate surface area is 512 Å². The maximum atomic E-state index is 12.9. The molecule has 0 radical (unpaired) electrons. The summed E-state index contributed by atoms with van der Waals surface area (Å²) in [5, 5.41) is 11.8. The number of nitrogens with zero attached hydrogens (tertiary/aromatic N) is 1. The lowest BCUT2D eigenvalue weighted by molar-refractivity contribution is -0.870. The number of hydrogen-bond acceptors (Lipinski definition) is 8. The summed E-state index contributed by atoms with van der Waals surface area (Å²) in [5.41, 5.74) is 0. The Kier molecular flexibility index (Phi) is 61.3. The van der Waals surface area contributed by atoms with Gasteiger partial charge in [-0.15, -0.1) is 0 Å². The number of ether oxygens (including phenoxy) is 4. The molecule has 0 spiro atoms. The third kappa shape index (κ3) is 65.6. The minimum Gasteiger partial charge on any atom is -0.545 e. The third-order valence-corrected chi connectivity index (χ3v) is 14.8. The van der Waals surface area contributed by atoms with Gasteiger partial charge in [0.15, 0.2) is 12.4 Å². The van der Waals surface area contributed by atoms with E-state index in [-0.39, 0.29) is 38.6 Å². The molecule has 0 aromatic heterocycles. The van der Waals surface area contributed by atoms with Crippen LogP contribution in [-0.2, 0) is 33.3 Å². The SMILES string of the molecule is CC/C=C\C/C=C\C/C=C\C/C=C\C/C=C\C/C=C\C/C=C\CCCCCCCCCCCCCCCCCCCC(=O)OC(COC(=O)CCCCCCCCCCC/C=C\CCCCCCCC)COC(OCC[N+](C)(C)C)C(=O)[O-]. The van der Waals surface area contributed by atoms with Gasteiger partial charge in [0, 0.05) is 12.8 Å².